The number of carbonyl (C=O) groups is 1. The van der Waals surface area contributed by atoms with Gasteiger partial charge in [0.15, 0.2) is 0 Å². The molecule has 1 aromatic rings. The Hall–Kier alpha value is -1.15. The van der Waals surface area contributed by atoms with Crippen LogP contribution in [0.4, 0.5) is 0 Å². The fourth-order valence-electron chi connectivity index (χ4n) is 1.35. The number of aryl methyl sites for hydroxylation is 2. The summed E-state index contributed by atoms with van der Waals surface area (Å²) in [5.41, 5.74) is 1.33. The third-order valence-electron chi connectivity index (χ3n) is 1.91. The molecular weight excluding hydrogens is 237 g/mol. The number of nitrogens with zero attached hydrogens (tertiary/aromatic N) is 1. The Balaban J connectivity index is 3.50. The topological polar surface area (TPSA) is 47.0 Å². The predicted molar refractivity (Wildman–Crippen MR) is 58.7 cm³/mol. The van der Waals surface area contributed by atoms with Crippen LogP contribution in [-0.4, -0.2) is 16.2 Å². The second-order valence-corrected chi connectivity index (χ2v) is 3.70. The van der Waals surface area contributed by atoms with E-state index in [1.807, 2.05) is 0 Å². The van der Waals surface area contributed by atoms with Gasteiger partial charge in [0.05, 0.1) is 0 Å². The van der Waals surface area contributed by atoms with Gasteiger partial charge in [0.2, 0.25) is 0 Å². The summed E-state index contributed by atoms with van der Waals surface area (Å²) in [5, 5.41) is -0.540. The van der Waals surface area contributed by atoms with Gasteiger partial charge >= 0.3 is 0 Å². The molecule has 1 aromatic heterocycles. The van der Waals surface area contributed by atoms with Crippen LogP contribution < -0.4 is 0 Å². The fraction of sp³-hybridized carbons (Fsp3) is 0.200. The van der Waals surface area contributed by atoms with Crippen molar-refractivity contribution < 1.29 is 9.59 Å². The van der Waals surface area contributed by atoms with E-state index < -0.39 is 5.24 Å². The Morgan fingerprint density at radius 1 is 1.47 bits per heavy atom. The first kappa shape index (κ1) is 11.9. The van der Waals surface area contributed by atoms with Crippen LogP contribution in [0.15, 0.2) is 6.07 Å². The van der Waals surface area contributed by atoms with Gasteiger partial charge in [-0.05, 0) is 37.1 Å². The monoisotopic (exact) mass is 243 g/mol. The molecule has 0 aliphatic rings. The molecule has 0 atom stereocenters. The van der Waals surface area contributed by atoms with Crippen LogP contribution in [0.2, 0.25) is 5.15 Å². The van der Waals surface area contributed by atoms with E-state index in [-0.39, 0.29) is 5.57 Å². The summed E-state index contributed by atoms with van der Waals surface area (Å²) in [7, 11) is 0. The lowest BCUT2D eigenvalue weighted by molar-refractivity contribution is -0.106. The Morgan fingerprint density at radius 3 is 2.47 bits per heavy atom. The number of aromatic nitrogens is 1. The summed E-state index contributed by atoms with van der Waals surface area (Å²) in [4.78, 5) is 25.5. The zero-order chi connectivity index (χ0) is 11.6. The molecule has 0 saturated carbocycles. The number of carbonyl (C=O) groups excluding carboxylic acids is 2. The molecule has 0 amide bonds. The van der Waals surface area contributed by atoms with E-state index in [1.165, 1.54) is 5.94 Å². The van der Waals surface area contributed by atoms with E-state index in [0.717, 1.165) is 0 Å². The van der Waals surface area contributed by atoms with E-state index >= 15 is 0 Å². The van der Waals surface area contributed by atoms with Gasteiger partial charge in [-0.3, -0.25) is 4.79 Å². The molecule has 5 heteroatoms. The van der Waals surface area contributed by atoms with Crippen LogP contribution in [-0.2, 0) is 9.59 Å². The SMILES string of the molecule is Cc1cc(Cl)nc(C)c1C(=C=O)C(=O)Cl. The van der Waals surface area contributed by atoms with Crippen LogP contribution >= 0.6 is 23.2 Å². The van der Waals surface area contributed by atoms with Crippen LogP contribution in [0.3, 0.4) is 0 Å². The molecule has 0 saturated heterocycles. The van der Waals surface area contributed by atoms with Gasteiger partial charge in [0.1, 0.15) is 16.7 Å². The summed E-state index contributed by atoms with van der Waals surface area (Å²) in [6.07, 6.45) is 0. The number of hydrogen-bond donors (Lipinski definition) is 0. The van der Waals surface area contributed by atoms with Crippen LogP contribution in [0.25, 0.3) is 5.57 Å². The van der Waals surface area contributed by atoms with Crippen molar-refractivity contribution in [3.05, 3.63) is 28.0 Å². The van der Waals surface area contributed by atoms with Crippen molar-refractivity contribution in [2.75, 3.05) is 0 Å². The molecule has 0 aliphatic heterocycles. The minimum atomic E-state index is -0.847. The number of allylic oxidation sites excluding steroid dienone is 1. The molecular formula is C10H7Cl2NO2. The van der Waals surface area contributed by atoms with Gasteiger partial charge in [-0.2, -0.15) is 0 Å². The van der Waals surface area contributed by atoms with Crippen molar-refractivity contribution in [1.82, 2.24) is 4.98 Å². The van der Waals surface area contributed by atoms with Gasteiger partial charge < -0.3 is 0 Å². The maximum absolute atomic E-state index is 11.0. The van der Waals surface area contributed by atoms with Crippen molar-refractivity contribution in [1.29, 1.82) is 0 Å². The average molecular weight is 244 g/mol. The first-order valence-electron chi connectivity index (χ1n) is 4.06. The van der Waals surface area contributed by atoms with E-state index in [4.69, 9.17) is 23.2 Å². The molecule has 0 aromatic carbocycles. The average Bonchev–Trinajstić information content (AvgIpc) is 2.09. The fourth-order valence-corrected chi connectivity index (χ4v) is 1.78. The maximum Gasteiger partial charge on any atom is 0.264 e. The summed E-state index contributed by atoms with van der Waals surface area (Å²) in [6, 6.07) is 1.56. The first-order valence-corrected chi connectivity index (χ1v) is 4.82. The Bertz CT molecular complexity index is 453. The highest BCUT2D eigenvalue weighted by Gasteiger charge is 2.17. The largest absolute Gasteiger partial charge is 0.275 e. The molecule has 0 radical (unpaired) electrons. The van der Waals surface area contributed by atoms with Gasteiger partial charge in [0.25, 0.3) is 5.24 Å². The molecule has 0 spiro atoms. The third kappa shape index (κ3) is 2.45. The smallest absolute Gasteiger partial charge is 0.264 e. The number of pyridine rings is 1. The summed E-state index contributed by atoms with van der Waals surface area (Å²) >= 11 is 11.0. The number of rotatable bonds is 2. The van der Waals surface area contributed by atoms with Gasteiger partial charge in [-0.15, -0.1) is 0 Å². The second-order valence-electron chi connectivity index (χ2n) is 2.97. The molecule has 78 valence electrons. The lowest BCUT2D eigenvalue weighted by Crippen LogP contribution is -2.02. The van der Waals surface area contributed by atoms with Gasteiger partial charge in [-0.1, -0.05) is 11.6 Å². The summed E-state index contributed by atoms with van der Waals surface area (Å²) in [5.74, 6) is 1.52. The highest BCUT2D eigenvalue weighted by atomic mass is 35.5. The van der Waals surface area contributed by atoms with Crippen molar-refractivity contribution in [2.24, 2.45) is 0 Å². The van der Waals surface area contributed by atoms with Crippen molar-refractivity contribution in [3.63, 3.8) is 0 Å². The van der Waals surface area contributed by atoms with E-state index in [2.05, 4.69) is 4.98 Å². The predicted octanol–water partition coefficient (Wildman–Crippen LogP) is 2.33. The second kappa shape index (κ2) is 4.58. The lowest BCUT2D eigenvalue weighted by atomic mass is 10.0. The normalized spacial score (nSPS) is 9.60. The summed E-state index contributed by atoms with van der Waals surface area (Å²) < 4.78 is 0. The molecule has 15 heavy (non-hydrogen) atoms. The lowest BCUT2D eigenvalue weighted by Gasteiger charge is -2.07. The Morgan fingerprint density at radius 2 is 2.07 bits per heavy atom. The molecule has 3 nitrogen and oxygen atoms in total. The maximum atomic E-state index is 11.0. The molecule has 1 rings (SSSR count). The highest BCUT2D eigenvalue weighted by Crippen LogP contribution is 2.24. The van der Waals surface area contributed by atoms with Crippen molar-refractivity contribution >= 4 is 40.0 Å². The van der Waals surface area contributed by atoms with E-state index in [0.29, 0.717) is 22.0 Å². The Labute approximate surface area is 96.7 Å². The van der Waals surface area contributed by atoms with Crippen molar-refractivity contribution in [3.8, 4) is 0 Å². The quantitative estimate of drug-likeness (QED) is 0.347. The Kier molecular flexibility index (Phi) is 3.64. The van der Waals surface area contributed by atoms with Gasteiger partial charge in [-0.25, -0.2) is 9.78 Å². The van der Waals surface area contributed by atoms with E-state index in [9.17, 15) is 9.59 Å². The summed E-state index contributed by atoms with van der Waals surface area (Å²) in [6.45, 7) is 3.36. The van der Waals surface area contributed by atoms with Crippen LogP contribution in [0, 0.1) is 13.8 Å². The molecule has 0 fully saturated rings. The standard InChI is InChI=1S/C10H7Cl2NO2/c1-5-3-8(11)13-6(2)9(5)7(4-14)10(12)15/h3H,1-2H3. The first-order chi connectivity index (χ1) is 6.97. The molecule has 1 heterocycles. The third-order valence-corrected chi connectivity index (χ3v) is 2.30. The molecule has 0 N–H and O–H groups in total. The minimum absolute atomic E-state index is 0.212. The zero-order valence-corrected chi connectivity index (χ0v) is 9.61. The minimum Gasteiger partial charge on any atom is -0.275 e. The van der Waals surface area contributed by atoms with Gasteiger partial charge in [0, 0.05) is 11.3 Å². The number of hydrogen-bond acceptors (Lipinski definition) is 3. The molecule has 0 unspecified atom stereocenters. The highest BCUT2D eigenvalue weighted by molar-refractivity contribution is 6.75. The number of halogens is 2. The van der Waals surface area contributed by atoms with Crippen LogP contribution in [0.5, 0.6) is 0 Å². The molecule has 0 aliphatic carbocycles. The van der Waals surface area contributed by atoms with E-state index in [1.54, 1.807) is 19.9 Å². The van der Waals surface area contributed by atoms with Crippen LogP contribution in [0.1, 0.15) is 16.8 Å². The molecule has 0 bridgehead atoms. The zero-order valence-electron chi connectivity index (χ0n) is 8.10. The van der Waals surface area contributed by atoms with Crippen molar-refractivity contribution in [2.45, 2.75) is 13.8 Å².